The Labute approximate surface area is 93.1 Å². The van der Waals surface area contributed by atoms with Gasteiger partial charge in [0.15, 0.2) is 0 Å². The maximum atomic E-state index is 8.60. The number of aliphatic hydroxyl groups is 1. The molecule has 0 spiro atoms. The van der Waals surface area contributed by atoms with Crippen molar-refractivity contribution in [2.75, 3.05) is 13.2 Å². The minimum Gasteiger partial charge on any atom is -0.419 e. The van der Waals surface area contributed by atoms with E-state index >= 15 is 0 Å². The highest BCUT2D eigenvalue weighted by Crippen LogP contribution is 2.16. The molecule has 1 heterocycles. The molecule has 1 aromatic heterocycles. The van der Waals surface area contributed by atoms with Crippen LogP contribution in [0.5, 0.6) is 0 Å². The monoisotopic (exact) mass is 219 g/mol. The first kappa shape index (κ1) is 10.8. The number of hydrogen-bond donors (Lipinski definition) is 2. The van der Waals surface area contributed by atoms with Gasteiger partial charge in [0.2, 0.25) is 11.8 Å². The summed E-state index contributed by atoms with van der Waals surface area (Å²) in [5.74, 6) is 1.04. The lowest BCUT2D eigenvalue weighted by Gasteiger charge is -1.96. The Morgan fingerprint density at radius 3 is 2.75 bits per heavy atom. The molecule has 0 atom stereocenters. The van der Waals surface area contributed by atoms with Crippen LogP contribution in [0.4, 0.5) is 0 Å². The van der Waals surface area contributed by atoms with Gasteiger partial charge >= 0.3 is 0 Å². The minimum atomic E-state index is 0.0969. The van der Waals surface area contributed by atoms with Gasteiger partial charge in [-0.05, 0) is 12.1 Å². The summed E-state index contributed by atoms with van der Waals surface area (Å²) in [6, 6.07) is 9.60. The maximum absolute atomic E-state index is 8.60. The third kappa shape index (κ3) is 2.65. The van der Waals surface area contributed by atoms with Crippen molar-refractivity contribution in [1.29, 1.82) is 0 Å². The number of rotatable bonds is 5. The first-order valence-corrected chi connectivity index (χ1v) is 5.09. The fourth-order valence-electron chi connectivity index (χ4n) is 1.30. The molecular weight excluding hydrogens is 206 g/mol. The van der Waals surface area contributed by atoms with Crippen LogP contribution in [-0.2, 0) is 6.54 Å². The van der Waals surface area contributed by atoms with Gasteiger partial charge in [-0.1, -0.05) is 18.2 Å². The van der Waals surface area contributed by atoms with Crippen molar-refractivity contribution >= 4 is 0 Å². The highest BCUT2D eigenvalue weighted by atomic mass is 16.4. The van der Waals surface area contributed by atoms with Gasteiger partial charge in [0.05, 0.1) is 13.2 Å². The zero-order valence-corrected chi connectivity index (χ0v) is 8.76. The smallest absolute Gasteiger partial charge is 0.247 e. The van der Waals surface area contributed by atoms with E-state index in [2.05, 4.69) is 15.5 Å². The first-order valence-electron chi connectivity index (χ1n) is 5.09. The molecular formula is C11H13N3O2. The SMILES string of the molecule is OCCNCc1nnc(-c2ccccc2)o1. The van der Waals surface area contributed by atoms with Crippen LogP contribution in [0.15, 0.2) is 34.7 Å². The molecule has 0 saturated carbocycles. The summed E-state index contributed by atoms with van der Waals surface area (Å²) in [7, 11) is 0. The van der Waals surface area contributed by atoms with Crippen LogP contribution in [0.2, 0.25) is 0 Å². The van der Waals surface area contributed by atoms with E-state index in [4.69, 9.17) is 9.52 Å². The van der Waals surface area contributed by atoms with Gasteiger partial charge in [-0.25, -0.2) is 0 Å². The average molecular weight is 219 g/mol. The summed E-state index contributed by atoms with van der Waals surface area (Å²) in [4.78, 5) is 0. The molecule has 0 unspecified atom stereocenters. The summed E-state index contributed by atoms with van der Waals surface area (Å²) < 4.78 is 5.45. The lowest BCUT2D eigenvalue weighted by molar-refractivity contribution is 0.289. The highest BCUT2D eigenvalue weighted by Gasteiger charge is 2.06. The van der Waals surface area contributed by atoms with Crippen molar-refractivity contribution in [1.82, 2.24) is 15.5 Å². The quantitative estimate of drug-likeness (QED) is 0.728. The Morgan fingerprint density at radius 2 is 2.00 bits per heavy atom. The average Bonchev–Trinajstić information content (AvgIpc) is 2.79. The molecule has 2 N–H and O–H groups in total. The van der Waals surface area contributed by atoms with Crippen molar-refractivity contribution in [3.63, 3.8) is 0 Å². The second-order valence-corrected chi connectivity index (χ2v) is 3.27. The molecule has 0 aliphatic rings. The summed E-state index contributed by atoms with van der Waals surface area (Å²) >= 11 is 0. The molecule has 5 heteroatoms. The lowest BCUT2D eigenvalue weighted by atomic mass is 10.2. The molecule has 5 nitrogen and oxygen atoms in total. The molecule has 0 radical (unpaired) electrons. The number of nitrogens with one attached hydrogen (secondary N) is 1. The third-order valence-corrected chi connectivity index (χ3v) is 2.05. The van der Waals surface area contributed by atoms with Crippen LogP contribution in [-0.4, -0.2) is 28.5 Å². The van der Waals surface area contributed by atoms with Gasteiger partial charge in [-0.2, -0.15) is 0 Å². The maximum Gasteiger partial charge on any atom is 0.247 e. The van der Waals surface area contributed by atoms with Gasteiger partial charge in [0.25, 0.3) is 0 Å². The van der Waals surface area contributed by atoms with Crippen molar-refractivity contribution in [2.45, 2.75) is 6.54 Å². The van der Waals surface area contributed by atoms with E-state index in [9.17, 15) is 0 Å². The van der Waals surface area contributed by atoms with E-state index in [0.29, 0.717) is 24.9 Å². The van der Waals surface area contributed by atoms with Crippen LogP contribution in [0.1, 0.15) is 5.89 Å². The van der Waals surface area contributed by atoms with Crippen LogP contribution >= 0.6 is 0 Å². The Hall–Kier alpha value is -1.72. The zero-order chi connectivity index (χ0) is 11.2. The summed E-state index contributed by atoms with van der Waals surface area (Å²) in [6.45, 7) is 1.09. The van der Waals surface area contributed by atoms with Crippen LogP contribution in [0, 0.1) is 0 Å². The third-order valence-electron chi connectivity index (χ3n) is 2.05. The molecule has 2 rings (SSSR count). The van der Waals surface area contributed by atoms with E-state index < -0.39 is 0 Å². The fraction of sp³-hybridized carbons (Fsp3) is 0.273. The number of aromatic nitrogens is 2. The van der Waals surface area contributed by atoms with Crippen molar-refractivity contribution in [3.05, 3.63) is 36.2 Å². The molecule has 0 amide bonds. The van der Waals surface area contributed by atoms with Gasteiger partial charge < -0.3 is 14.8 Å². The summed E-state index contributed by atoms with van der Waals surface area (Å²) in [6.07, 6.45) is 0. The van der Waals surface area contributed by atoms with Crippen LogP contribution in [0.3, 0.4) is 0 Å². The standard InChI is InChI=1S/C11H13N3O2/c15-7-6-12-8-10-13-14-11(16-10)9-4-2-1-3-5-9/h1-5,12,15H,6-8H2. The van der Waals surface area contributed by atoms with Crippen LogP contribution < -0.4 is 5.32 Å². The van der Waals surface area contributed by atoms with Crippen LogP contribution in [0.25, 0.3) is 11.5 Å². The molecule has 84 valence electrons. The normalized spacial score (nSPS) is 10.6. The Balaban J connectivity index is 2.02. The predicted octanol–water partition coefficient (Wildman–Crippen LogP) is 0.819. The van der Waals surface area contributed by atoms with Gasteiger partial charge in [0.1, 0.15) is 0 Å². The van der Waals surface area contributed by atoms with E-state index in [1.165, 1.54) is 0 Å². The molecule has 0 fully saturated rings. The topological polar surface area (TPSA) is 71.2 Å². The summed E-state index contributed by atoms with van der Waals surface area (Å²) in [5, 5.41) is 19.4. The minimum absolute atomic E-state index is 0.0969. The zero-order valence-electron chi connectivity index (χ0n) is 8.76. The molecule has 1 aromatic carbocycles. The molecule has 0 bridgehead atoms. The van der Waals surface area contributed by atoms with E-state index in [1.807, 2.05) is 30.3 Å². The second kappa shape index (κ2) is 5.39. The van der Waals surface area contributed by atoms with Gasteiger partial charge in [-0.15, -0.1) is 10.2 Å². The number of aliphatic hydroxyl groups excluding tert-OH is 1. The first-order chi connectivity index (χ1) is 7.90. The largest absolute Gasteiger partial charge is 0.419 e. The molecule has 0 aliphatic carbocycles. The molecule has 0 aliphatic heterocycles. The van der Waals surface area contributed by atoms with Crippen molar-refractivity contribution in [3.8, 4) is 11.5 Å². The van der Waals surface area contributed by atoms with E-state index in [-0.39, 0.29) is 6.61 Å². The Morgan fingerprint density at radius 1 is 1.19 bits per heavy atom. The predicted molar refractivity (Wildman–Crippen MR) is 58.5 cm³/mol. The lowest BCUT2D eigenvalue weighted by Crippen LogP contribution is -2.17. The van der Waals surface area contributed by atoms with Gasteiger partial charge in [0, 0.05) is 12.1 Å². The molecule has 16 heavy (non-hydrogen) atoms. The molecule has 0 saturated heterocycles. The Kier molecular flexibility index (Phi) is 3.63. The van der Waals surface area contributed by atoms with E-state index in [0.717, 1.165) is 5.56 Å². The van der Waals surface area contributed by atoms with E-state index in [1.54, 1.807) is 0 Å². The van der Waals surface area contributed by atoms with Gasteiger partial charge in [-0.3, -0.25) is 0 Å². The Bertz CT molecular complexity index is 428. The van der Waals surface area contributed by atoms with Crippen molar-refractivity contribution < 1.29 is 9.52 Å². The fourth-order valence-corrected chi connectivity index (χ4v) is 1.30. The highest BCUT2D eigenvalue weighted by molar-refractivity contribution is 5.51. The number of benzene rings is 1. The summed E-state index contributed by atoms with van der Waals surface area (Å²) in [5.41, 5.74) is 0.906. The van der Waals surface area contributed by atoms with Crippen molar-refractivity contribution in [2.24, 2.45) is 0 Å². The molecule has 2 aromatic rings. The number of hydrogen-bond acceptors (Lipinski definition) is 5. The second-order valence-electron chi connectivity index (χ2n) is 3.27. The number of nitrogens with zero attached hydrogens (tertiary/aromatic N) is 2.